The molecule has 6 rings (SSSR count). The van der Waals surface area contributed by atoms with Crippen LogP contribution in [0.5, 0.6) is 5.75 Å². The number of ether oxygens (including phenoxy) is 1. The number of nitrogens with one attached hydrogen (secondary N) is 1. The molecule has 0 aliphatic heterocycles. The summed E-state index contributed by atoms with van der Waals surface area (Å²) in [6.45, 7) is 3.77. The smallest absolute Gasteiger partial charge is 0.223 e. The van der Waals surface area contributed by atoms with Gasteiger partial charge in [-0.2, -0.15) is 5.26 Å². The Bertz CT molecular complexity index is 1390. The van der Waals surface area contributed by atoms with Crippen molar-refractivity contribution in [3.8, 4) is 23.1 Å². The Morgan fingerprint density at radius 1 is 1.05 bits per heavy atom. The first kappa shape index (κ1) is 26.2. The van der Waals surface area contributed by atoms with Crippen molar-refractivity contribution < 1.29 is 17.9 Å². The van der Waals surface area contributed by atoms with Crippen LogP contribution in [-0.2, 0) is 14.6 Å². The van der Waals surface area contributed by atoms with E-state index in [4.69, 9.17) is 15.5 Å². The van der Waals surface area contributed by atoms with Gasteiger partial charge in [0.05, 0.1) is 10.9 Å². The quantitative estimate of drug-likeness (QED) is 0.238. The molecule has 3 N–H and O–H groups in total. The topological polar surface area (TPSA) is 135 Å². The molecule has 4 aliphatic rings. The van der Waals surface area contributed by atoms with E-state index in [2.05, 4.69) is 5.32 Å². The van der Waals surface area contributed by atoms with E-state index in [1.807, 2.05) is 44.3 Å². The summed E-state index contributed by atoms with van der Waals surface area (Å²) in [6.07, 6.45) is 7.77. The van der Waals surface area contributed by atoms with Crippen LogP contribution in [-0.4, -0.2) is 38.1 Å². The number of hydrogen-bond acceptors (Lipinski definition) is 6. The van der Waals surface area contributed by atoms with E-state index in [-0.39, 0.29) is 34.1 Å². The lowest BCUT2D eigenvalue weighted by atomic mass is 9.48. The number of carbonyl (C=O) groups is 1. The molecule has 1 amide bonds. The molecule has 8 nitrogen and oxygen atoms in total. The fourth-order valence-electron chi connectivity index (χ4n) is 7.00. The largest absolute Gasteiger partial charge is 0.480 e. The van der Waals surface area contributed by atoms with E-state index >= 15 is 0 Å². The van der Waals surface area contributed by atoms with Gasteiger partial charge in [0.1, 0.15) is 5.75 Å². The fraction of sp³-hybridized carbons (Fsp3) is 0.483. The molecule has 2 atom stereocenters. The normalized spacial score (nSPS) is 28.5. The van der Waals surface area contributed by atoms with Crippen LogP contribution in [0.2, 0.25) is 0 Å². The summed E-state index contributed by atoms with van der Waals surface area (Å²) in [7, 11) is -3.25. The van der Waals surface area contributed by atoms with Gasteiger partial charge in [-0.25, -0.2) is 8.42 Å². The van der Waals surface area contributed by atoms with Crippen molar-refractivity contribution in [2.45, 2.75) is 62.5 Å². The third-order valence-corrected chi connectivity index (χ3v) is 9.74. The lowest BCUT2D eigenvalue weighted by Gasteiger charge is -2.57. The monoisotopic (exact) mass is 534 g/mol. The van der Waals surface area contributed by atoms with Crippen molar-refractivity contribution in [1.82, 2.24) is 5.32 Å². The predicted octanol–water partition coefficient (Wildman–Crippen LogP) is 4.06. The molecule has 0 aromatic heterocycles. The Labute approximate surface area is 224 Å². The molecule has 2 aromatic rings. The molecular weight excluding hydrogens is 500 g/mol. The van der Waals surface area contributed by atoms with Gasteiger partial charge in [0.15, 0.2) is 27.5 Å². The van der Waals surface area contributed by atoms with Crippen LogP contribution in [0.3, 0.4) is 0 Å². The molecule has 4 bridgehead atoms. The van der Waals surface area contributed by atoms with Crippen LogP contribution < -0.4 is 15.8 Å². The second-order valence-electron chi connectivity index (χ2n) is 11.8. The number of hydrogen-bond donors (Lipinski definition) is 2. The zero-order valence-corrected chi connectivity index (χ0v) is 22.8. The molecule has 38 heavy (non-hydrogen) atoms. The molecule has 2 unspecified atom stereocenters. The van der Waals surface area contributed by atoms with Gasteiger partial charge in [0.2, 0.25) is 5.91 Å². The van der Waals surface area contributed by atoms with Crippen molar-refractivity contribution in [3.63, 3.8) is 0 Å². The molecule has 0 heterocycles. The van der Waals surface area contributed by atoms with Gasteiger partial charge < -0.3 is 10.5 Å². The number of carbonyl (C=O) groups excluding carboxylic acids is 1. The van der Waals surface area contributed by atoms with Crippen molar-refractivity contribution in [2.75, 3.05) is 6.26 Å². The fourth-order valence-corrected chi connectivity index (χ4v) is 7.63. The first-order valence-corrected chi connectivity index (χ1v) is 14.9. The number of primary amides is 1. The maximum atomic E-state index is 12.3. The molecule has 0 saturated heterocycles. The highest BCUT2D eigenvalue weighted by Crippen LogP contribution is 2.60. The lowest BCUT2D eigenvalue weighted by Crippen LogP contribution is -2.58. The Morgan fingerprint density at radius 3 is 2.11 bits per heavy atom. The Morgan fingerprint density at radius 2 is 1.61 bits per heavy atom. The number of aliphatic imine (C=N–C) groups is 1. The summed E-state index contributed by atoms with van der Waals surface area (Å²) in [5, 5.41) is 12.3. The first-order valence-electron chi connectivity index (χ1n) is 13.0. The number of nitrogens with two attached hydrogens (primary N) is 1. The number of benzene rings is 2. The maximum Gasteiger partial charge on any atom is 0.223 e. The van der Waals surface area contributed by atoms with Crippen LogP contribution in [0.1, 0.15) is 46.0 Å². The number of nitriles is 1. The maximum absolute atomic E-state index is 12.3. The summed E-state index contributed by atoms with van der Waals surface area (Å²) >= 11 is 0. The minimum Gasteiger partial charge on any atom is -0.480 e. The van der Waals surface area contributed by atoms with Gasteiger partial charge in [-0.3, -0.25) is 15.1 Å². The molecule has 4 fully saturated rings. The zero-order valence-electron chi connectivity index (χ0n) is 22.0. The van der Waals surface area contributed by atoms with Gasteiger partial charge in [0, 0.05) is 11.7 Å². The van der Waals surface area contributed by atoms with E-state index in [1.165, 1.54) is 6.26 Å². The van der Waals surface area contributed by atoms with E-state index < -0.39 is 15.4 Å². The third-order valence-electron chi connectivity index (χ3n) is 8.61. The second kappa shape index (κ2) is 9.42. The average Bonchev–Trinajstić information content (AvgIpc) is 2.85. The SMILES string of the molecule is CC(C)(Oc1ccc(-c2ccc(S(C)(=O)=O)cc2)cc1)C(=NC1C2CC3CC1CC(C(N)=O)(C3)C2)NC#N. The summed E-state index contributed by atoms with van der Waals surface area (Å²) in [5.74, 6) is 2.03. The number of amidine groups is 1. The van der Waals surface area contributed by atoms with Crippen LogP contribution in [0.25, 0.3) is 11.1 Å². The highest BCUT2D eigenvalue weighted by atomic mass is 32.2. The minimum absolute atomic E-state index is 0.0371. The van der Waals surface area contributed by atoms with Gasteiger partial charge in [-0.1, -0.05) is 24.3 Å². The number of nitrogens with zero attached hydrogens (tertiary/aromatic N) is 2. The van der Waals surface area contributed by atoms with E-state index in [1.54, 1.807) is 24.3 Å². The molecule has 2 aromatic carbocycles. The number of amides is 1. The Kier molecular flexibility index (Phi) is 6.50. The lowest BCUT2D eigenvalue weighted by molar-refractivity contribution is -0.144. The van der Waals surface area contributed by atoms with E-state index in [0.29, 0.717) is 17.5 Å². The van der Waals surface area contributed by atoms with Crippen molar-refractivity contribution >= 4 is 21.6 Å². The molecule has 4 aliphatic carbocycles. The third kappa shape index (κ3) is 4.90. The van der Waals surface area contributed by atoms with Crippen molar-refractivity contribution in [1.29, 1.82) is 5.26 Å². The minimum atomic E-state index is -3.25. The average molecular weight is 535 g/mol. The molecule has 0 spiro atoms. The van der Waals surface area contributed by atoms with Crippen LogP contribution in [0.4, 0.5) is 0 Å². The summed E-state index contributed by atoms with van der Waals surface area (Å²) < 4.78 is 29.8. The Hall–Kier alpha value is -3.38. The van der Waals surface area contributed by atoms with Crippen molar-refractivity contribution in [2.24, 2.45) is 33.9 Å². The van der Waals surface area contributed by atoms with Gasteiger partial charge in [-0.15, -0.1) is 0 Å². The van der Waals surface area contributed by atoms with Crippen LogP contribution in [0, 0.1) is 34.6 Å². The Balaban J connectivity index is 1.34. The van der Waals surface area contributed by atoms with Crippen LogP contribution in [0.15, 0.2) is 58.4 Å². The van der Waals surface area contributed by atoms with Gasteiger partial charge in [0.25, 0.3) is 0 Å². The summed E-state index contributed by atoms with van der Waals surface area (Å²) in [5.41, 5.74) is 6.38. The van der Waals surface area contributed by atoms with E-state index in [9.17, 15) is 18.5 Å². The second-order valence-corrected chi connectivity index (χ2v) is 13.8. The summed E-state index contributed by atoms with van der Waals surface area (Å²) in [6, 6.07) is 14.3. The van der Waals surface area contributed by atoms with Gasteiger partial charge >= 0.3 is 0 Å². The zero-order chi connectivity index (χ0) is 27.3. The molecule has 0 radical (unpaired) electrons. The van der Waals surface area contributed by atoms with Gasteiger partial charge in [-0.05, 0) is 99.1 Å². The standard InChI is InChI=1S/C29H34N4O4S/c1-28(2,37-23-8-4-19(5-9-23)20-6-10-24(11-7-20)38(3,35)36)27(32-17-30)33-25-21-12-18-13-22(25)16-29(14-18,15-21)26(31)34/h4-11,18,21-22,25H,12-16H2,1-3H3,(H2,31,34)(H,32,33). The molecule has 200 valence electrons. The first-order chi connectivity index (χ1) is 17.9. The van der Waals surface area contributed by atoms with Crippen molar-refractivity contribution in [3.05, 3.63) is 48.5 Å². The number of rotatable bonds is 7. The predicted molar refractivity (Wildman–Crippen MR) is 145 cm³/mol. The highest BCUT2D eigenvalue weighted by molar-refractivity contribution is 7.90. The summed E-state index contributed by atoms with van der Waals surface area (Å²) in [4.78, 5) is 17.7. The number of sulfone groups is 1. The van der Waals surface area contributed by atoms with Crippen LogP contribution >= 0.6 is 0 Å². The van der Waals surface area contributed by atoms with E-state index in [0.717, 1.165) is 43.2 Å². The highest BCUT2D eigenvalue weighted by Gasteiger charge is 2.58. The molecule has 4 saturated carbocycles. The molecular formula is C29H34N4O4S. The molecule has 9 heteroatoms.